The van der Waals surface area contributed by atoms with E-state index in [0.29, 0.717) is 41.4 Å². The van der Waals surface area contributed by atoms with Gasteiger partial charge in [-0.15, -0.1) is 0 Å². The average molecular weight is 624 g/mol. The van der Waals surface area contributed by atoms with Crippen molar-refractivity contribution < 1.29 is 18.8 Å². The fourth-order valence-corrected chi connectivity index (χ4v) is 5.91. The van der Waals surface area contributed by atoms with E-state index in [1.54, 1.807) is 18.2 Å². The highest BCUT2D eigenvalue weighted by Crippen LogP contribution is 2.40. The molecule has 0 bridgehead atoms. The Labute approximate surface area is 268 Å². The summed E-state index contributed by atoms with van der Waals surface area (Å²) in [4.78, 5) is 32.1. The van der Waals surface area contributed by atoms with E-state index in [9.17, 15) is 9.18 Å². The van der Waals surface area contributed by atoms with Gasteiger partial charge in [-0.25, -0.2) is 19.4 Å². The minimum atomic E-state index is -0.303. The van der Waals surface area contributed by atoms with E-state index < -0.39 is 0 Å². The summed E-state index contributed by atoms with van der Waals surface area (Å²) in [6.45, 7) is 8.85. The molecule has 2 aliphatic rings. The van der Waals surface area contributed by atoms with Gasteiger partial charge in [0, 0.05) is 44.2 Å². The van der Waals surface area contributed by atoms with E-state index in [2.05, 4.69) is 57.0 Å². The summed E-state index contributed by atoms with van der Waals surface area (Å²) in [6, 6.07) is 20.5. The van der Waals surface area contributed by atoms with Crippen LogP contribution in [0, 0.1) is 5.82 Å². The second kappa shape index (κ2) is 13.6. The number of rotatable bonds is 9. The third-order valence-electron chi connectivity index (χ3n) is 8.54. The maximum Gasteiger partial charge on any atom is 0.247 e. The van der Waals surface area contributed by atoms with Crippen LogP contribution >= 0.6 is 0 Å². The molecule has 6 rings (SSSR count). The number of nitrogens with one attached hydrogen (secondary N) is 2. The number of ether oxygens (including phenoxy) is 1. The lowest BCUT2D eigenvalue weighted by molar-refractivity contribution is -0.111. The molecular weight excluding hydrogens is 585 g/mol. The highest BCUT2D eigenvalue weighted by Gasteiger charge is 2.30. The second-order valence-corrected chi connectivity index (χ2v) is 11.5. The fourth-order valence-electron chi connectivity index (χ4n) is 5.91. The van der Waals surface area contributed by atoms with Gasteiger partial charge < -0.3 is 25.2 Å². The van der Waals surface area contributed by atoms with Crippen molar-refractivity contribution in [3.63, 3.8) is 0 Å². The minimum Gasteiger partial charge on any atom is -0.494 e. The maximum atomic E-state index is 13.9. The number of amides is 1. The first-order valence-electron chi connectivity index (χ1n) is 15.3. The summed E-state index contributed by atoms with van der Waals surface area (Å²) in [6.07, 6.45) is 3.49. The number of likely N-dealkylation sites (N-methyl/N-ethyl adjacent to an activating group) is 1. The Bertz CT molecular complexity index is 1730. The zero-order valence-electron chi connectivity index (χ0n) is 26.2. The van der Waals surface area contributed by atoms with E-state index >= 15 is 0 Å². The molecule has 0 radical (unpaired) electrons. The van der Waals surface area contributed by atoms with Gasteiger partial charge in [0.2, 0.25) is 5.91 Å². The summed E-state index contributed by atoms with van der Waals surface area (Å²) in [5.74, 6) is 1.13. The summed E-state index contributed by atoms with van der Waals surface area (Å²) in [5, 5.41) is 8.12. The molecule has 238 valence electrons. The highest BCUT2D eigenvalue weighted by molar-refractivity contribution is 6.02. The van der Waals surface area contributed by atoms with Gasteiger partial charge in [0.25, 0.3) is 0 Å². The lowest BCUT2D eigenvalue weighted by Crippen LogP contribution is -2.50. The summed E-state index contributed by atoms with van der Waals surface area (Å²) in [7, 11) is 3.73. The lowest BCUT2D eigenvalue weighted by atomic mass is 9.98. The molecule has 0 spiro atoms. The largest absolute Gasteiger partial charge is 0.494 e. The van der Waals surface area contributed by atoms with Crippen LogP contribution in [-0.2, 0) is 9.63 Å². The number of methoxy groups -OCH3 is 1. The van der Waals surface area contributed by atoms with Crippen molar-refractivity contribution in [2.24, 2.45) is 0 Å². The molecule has 3 aromatic carbocycles. The molecule has 0 saturated carbocycles. The monoisotopic (exact) mass is 623 g/mol. The van der Waals surface area contributed by atoms with Crippen LogP contribution in [0.2, 0.25) is 0 Å². The van der Waals surface area contributed by atoms with Crippen LogP contribution in [-0.4, -0.2) is 67.2 Å². The molecule has 2 atom stereocenters. The Balaban J connectivity index is 1.28. The van der Waals surface area contributed by atoms with Crippen LogP contribution in [0.3, 0.4) is 0 Å². The van der Waals surface area contributed by atoms with Crippen molar-refractivity contribution in [3.8, 4) is 16.9 Å². The van der Waals surface area contributed by atoms with Gasteiger partial charge in [0.05, 0.1) is 36.8 Å². The second-order valence-electron chi connectivity index (χ2n) is 11.5. The molecule has 10 nitrogen and oxygen atoms in total. The topological polar surface area (TPSA) is 95.1 Å². The summed E-state index contributed by atoms with van der Waals surface area (Å²) < 4.78 is 19.7. The van der Waals surface area contributed by atoms with E-state index in [-0.39, 0.29) is 17.8 Å². The molecule has 46 heavy (non-hydrogen) atoms. The number of benzene rings is 3. The van der Waals surface area contributed by atoms with Crippen molar-refractivity contribution in [1.29, 1.82) is 0 Å². The van der Waals surface area contributed by atoms with Crippen LogP contribution in [0.4, 0.5) is 33.1 Å². The summed E-state index contributed by atoms with van der Waals surface area (Å²) in [5.41, 5.74) is 4.90. The van der Waals surface area contributed by atoms with Gasteiger partial charge in [0.1, 0.15) is 23.7 Å². The third-order valence-corrected chi connectivity index (χ3v) is 8.54. The quantitative estimate of drug-likeness (QED) is 0.212. The number of carbonyl (C=O) groups excluding carboxylic acids is 1. The van der Waals surface area contributed by atoms with E-state index in [1.165, 1.54) is 24.5 Å². The molecule has 4 aromatic rings. The van der Waals surface area contributed by atoms with Crippen LogP contribution in [0.15, 0.2) is 85.7 Å². The predicted molar refractivity (Wildman–Crippen MR) is 179 cm³/mol. The Kier molecular flexibility index (Phi) is 9.13. The first-order chi connectivity index (χ1) is 22.3. The normalized spacial score (nSPS) is 18.3. The van der Waals surface area contributed by atoms with Gasteiger partial charge in [0.15, 0.2) is 5.82 Å². The van der Waals surface area contributed by atoms with E-state index in [0.717, 1.165) is 48.4 Å². The Morgan fingerprint density at radius 3 is 2.63 bits per heavy atom. The van der Waals surface area contributed by atoms with E-state index in [1.807, 2.05) is 42.5 Å². The van der Waals surface area contributed by atoms with Crippen LogP contribution in [0.5, 0.6) is 5.75 Å². The molecule has 0 aliphatic carbocycles. The number of piperazine rings is 1. The number of carbonyl (C=O) groups is 1. The van der Waals surface area contributed by atoms with Crippen molar-refractivity contribution in [3.05, 3.63) is 97.1 Å². The number of nitrogens with zero attached hydrogens (tertiary/aromatic N) is 5. The number of aromatic nitrogens is 2. The number of hydrogen-bond acceptors (Lipinski definition) is 9. The zero-order valence-corrected chi connectivity index (χ0v) is 26.2. The highest BCUT2D eigenvalue weighted by atomic mass is 19.1. The van der Waals surface area contributed by atoms with Gasteiger partial charge in [-0.2, -0.15) is 0 Å². The molecule has 2 aliphatic heterocycles. The molecule has 2 fully saturated rings. The molecule has 1 aromatic heterocycles. The molecule has 2 unspecified atom stereocenters. The fraction of sp³-hybridized carbons (Fsp3) is 0.286. The van der Waals surface area contributed by atoms with Crippen LogP contribution in [0.1, 0.15) is 24.9 Å². The SMILES string of the molecule is C=CC(=O)Nc1cc(Nc2cc(N3OCCC3c3cccc(-c4cccc(F)c4)c3)ncn2)c(OC)cc1N1CCN(C)C(C)C1. The number of hydrogen-bond donors (Lipinski definition) is 2. The van der Waals surface area contributed by atoms with Crippen molar-refractivity contribution in [2.45, 2.75) is 25.4 Å². The predicted octanol–water partition coefficient (Wildman–Crippen LogP) is 6.18. The maximum absolute atomic E-state index is 13.9. The van der Waals surface area contributed by atoms with Gasteiger partial charge in [-0.3, -0.25) is 9.63 Å². The first kappa shape index (κ1) is 31.0. The third kappa shape index (κ3) is 6.65. The molecule has 2 N–H and O–H groups in total. The lowest BCUT2D eigenvalue weighted by Gasteiger charge is -2.40. The van der Waals surface area contributed by atoms with Crippen molar-refractivity contribution in [2.75, 3.05) is 61.0 Å². The van der Waals surface area contributed by atoms with Gasteiger partial charge >= 0.3 is 0 Å². The smallest absolute Gasteiger partial charge is 0.247 e. The van der Waals surface area contributed by atoms with Gasteiger partial charge in [-0.1, -0.05) is 36.9 Å². The minimum absolute atomic E-state index is 0.100. The zero-order chi connectivity index (χ0) is 32.2. The number of hydroxylamine groups is 1. The van der Waals surface area contributed by atoms with Crippen molar-refractivity contribution >= 4 is 34.6 Å². The Morgan fingerprint density at radius 2 is 1.87 bits per heavy atom. The molecule has 2 saturated heterocycles. The number of halogens is 1. The van der Waals surface area contributed by atoms with Crippen LogP contribution in [0.25, 0.3) is 11.1 Å². The Morgan fingerprint density at radius 1 is 1.07 bits per heavy atom. The molecular formula is C35H38FN7O3. The first-order valence-corrected chi connectivity index (χ1v) is 15.3. The van der Waals surface area contributed by atoms with E-state index in [4.69, 9.17) is 9.57 Å². The average Bonchev–Trinajstić information content (AvgIpc) is 3.57. The standard InChI is InChI=1S/C35H38FN7O3/c1-5-35(44)40-28-18-29(32(45-4)19-31(28)42-14-13-41(3)23(2)21-42)39-33-20-34(38-22-37-33)43-30(12-15-46-43)26-10-6-8-24(16-26)25-9-7-11-27(36)17-25/h5-11,16-20,22-23,30H,1,12-15,21H2,2-4H3,(H,40,44)(H,37,38,39). The van der Waals surface area contributed by atoms with Gasteiger partial charge in [-0.05, 0) is 61.0 Å². The Hall–Kier alpha value is -5.00. The molecule has 3 heterocycles. The van der Waals surface area contributed by atoms with Crippen LogP contribution < -0.4 is 25.3 Å². The van der Waals surface area contributed by atoms with Crippen molar-refractivity contribution in [1.82, 2.24) is 14.9 Å². The number of anilines is 5. The molecule has 1 amide bonds. The molecule has 11 heteroatoms. The summed E-state index contributed by atoms with van der Waals surface area (Å²) >= 11 is 0.